The van der Waals surface area contributed by atoms with E-state index in [9.17, 15) is 22.8 Å². The Balaban J connectivity index is 2.11. The standard InChI is InChI=1S/C21H17F3N2O3/c1-12-7-6-8-13(2)19(12)29-20(28)18-17(27)11-14(3)26(25-18)16-10-5-4-9-15(16)21(22,23)24/h4-11H,1-3H3. The number of hydrogen-bond donors (Lipinski definition) is 0. The highest BCUT2D eigenvalue weighted by Crippen LogP contribution is 2.33. The van der Waals surface area contributed by atoms with Gasteiger partial charge in [-0.2, -0.15) is 18.3 Å². The van der Waals surface area contributed by atoms with Crippen LogP contribution in [0.4, 0.5) is 13.2 Å². The van der Waals surface area contributed by atoms with Crippen molar-refractivity contribution < 1.29 is 22.7 Å². The van der Waals surface area contributed by atoms with E-state index in [-0.39, 0.29) is 17.1 Å². The van der Waals surface area contributed by atoms with E-state index < -0.39 is 28.8 Å². The summed E-state index contributed by atoms with van der Waals surface area (Å²) in [4.78, 5) is 24.9. The van der Waals surface area contributed by atoms with Crippen molar-refractivity contribution in [2.75, 3.05) is 0 Å². The molecule has 0 aliphatic rings. The summed E-state index contributed by atoms with van der Waals surface area (Å²) >= 11 is 0. The van der Waals surface area contributed by atoms with Gasteiger partial charge < -0.3 is 4.74 Å². The van der Waals surface area contributed by atoms with Crippen molar-refractivity contribution in [3.63, 3.8) is 0 Å². The van der Waals surface area contributed by atoms with Gasteiger partial charge in [-0.05, 0) is 44.0 Å². The van der Waals surface area contributed by atoms with Crippen LogP contribution in [-0.4, -0.2) is 15.7 Å². The smallest absolute Gasteiger partial charge is 0.418 e. The van der Waals surface area contributed by atoms with Gasteiger partial charge in [-0.3, -0.25) is 4.79 Å². The summed E-state index contributed by atoms with van der Waals surface area (Å²) in [6.45, 7) is 4.90. The molecule has 5 nitrogen and oxygen atoms in total. The predicted octanol–water partition coefficient (Wildman–Crippen LogP) is 4.40. The normalized spacial score (nSPS) is 11.4. The molecule has 3 rings (SSSR count). The minimum atomic E-state index is -4.63. The molecule has 0 radical (unpaired) electrons. The molecular formula is C21H17F3N2O3. The number of rotatable bonds is 3. The first kappa shape index (κ1) is 20.3. The van der Waals surface area contributed by atoms with Gasteiger partial charge in [0.1, 0.15) is 5.75 Å². The van der Waals surface area contributed by atoms with Gasteiger partial charge in [0.15, 0.2) is 0 Å². The van der Waals surface area contributed by atoms with Crippen LogP contribution in [0.5, 0.6) is 5.75 Å². The molecule has 0 amide bonds. The molecule has 1 heterocycles. The molecular weight excluding hydrogens is 385 g/mol. The van der Waals surface area contributed by atoms with Crippen molar-refractivity contribution in [2.45, 2.75) is 26.9 Å². The fourth-order valence-electron chi connectivity index (χ4n) is 2.93. The second kappa shape index (κ2) is 7.54. The Morgan fingerprint density at radius 2 is 1.62 bits per heavy atom. The Labute approximate surface area is 164 Å². The average Bonchev–Trinajstić information content (AvgIpc) is 2.64. The topological polar surface area (TPSA) is 61.2 Å². The number of ether oxygens (including phenoxy) is 1. The Morgan fingerprint density at radius 1 is 1.00 bits per heavy atom. The number of esters is 1. The molecule has 8 heteroatoms. The zero-order valence-corrected chi connectivity index (χ0v) is 15.9. The van der Waals surface area contributed by atoms with Crippen LogP contribution in [0.2, 0.25) is 0 Å². The van der Waals surface area contributed by atoms with Crippen molar-refractivity contribution in [3.05, 3.63) is 86.8 Å². The molecule has 0 saturated carbocycles. The molecule has 0 atom stereocenters. The molecule has 0 unspecified atom stereocenters. The average molecular weight is 402 g/mol. The van der Waals surface area contributed by atoms with Crippen LogP contribution in [0, 0.1) is 20.8 Å². The molecule has 0 fully saturated rings. The molecule has 3 aromatic rings. The number of para-hydroxylation sites is 2. The van der Waals surface area contributed by atoms with Gasteiger partial charge in [-0.15, -0.1) is 0 Å². The number of aromatic nitrogens is 2. The number of benzene rings is 2. The molecule has 0 spiro atoms. The molecule has 0 bridgehead atoms. The van der Waals surface area contributed by atoms with Gasteiger partial charge in [0, 0.05) is 11.8 Å². The molecule has 0 saturated heterocycles. The van der Waals surface area contributed by atoms with Crippen LogP contribution in [0.1, 0.15) is 32.9 Å². The fourth-order valence-corrected chi connectivity index (χ4v) is 2.93. The monoisotopic (exact) mass is 402 g/mol. The first-order valence-electron chi connectivity index (χ1n) is 8.65. The van der Waals surface area contributed by atoms with Crippen LogP contribution in [-0.2, 0) is 6.18 Å². The number of aryl methyl sites for hydroxylation is 3. The van der Waals surface area contributed by atoms with Gasteiger partial charge in [-0.1, -0.05) is 30.3 Å². The first-order chi connectivity index (χ1) is 13.6. The van der Waals surface area contributed by atoms with E-state index in [1.165, 1.54) is 25.1 Å². The second-order valence-corrected chi connectivity index (χ2v) is 6.54. The summed E-state index contributed by atoms with van der Waals surface area (Å²) in [7, 11) is 0. The van der Waals surface area contributed by atoms with Crippen LogP contribution in [0.3, 0.4) is 0 Å². The molecule has 0 aliphatic heterocycles. The van der Waals surface area contributed by atoms with Crippen LogP contribution >= 0.6 is 0 Å². The van der Waals surface area contributed by atoms with E-state index in [0.29, 0.717) is 11.1 Å². The van der Waals surface area contributed by atoms with E-state index in [0.717, 1.165) is 16.8 Å². The van der Waals surface area contributed by atoms with Crippen molar-refractivity contribution in [2.24, 2.45) is 0 Å². The first-order valence-corrected chi connectivity index (χ1v) is 8.65. The highest BCUT2D eigenvalue weighted by atomic mass is 19.4. The van der Waals surface area contributed by atoms with E-state index in [4.69, 9.17) is 4.74 Å². The summed E-state index contributed by atoms with van der Waals surface area (Å²) in [6.07, 6.45) is -4.63. The van der Waals surface area contributed by atoms with Gasteiger partial charge >= 0.3 is 12.1 Å². The molecule has 150 valence electrons. The second-order valence-electron chi connectivity index (χ2n) is 6.54. The van der Waals surface area contributed by atoms with E-state index in [1.807, 2.05) is 0 Å². The summed E-state index contributed by atoms with van der Waals surface area (Å²) in [6, 6.07) is 11.1. The van der Waals surface area contributed by atoms with Gasteiger partial charge in [0.05, 0.1) is 11.3 Å². The molecule has 0 N–H and O–H groups in total. The van der Waals surface area contributed by atoms with E-state index in [2.05, 4.69) is 5.10 Å². The van der Waals surface area contributed by atoms with E-state index >= 15 is 0 Å². The van der Waals surface area contributed by atoms with Gasteiger partial charge in [0.2, 0.25) is 11.1 Å². The minimum absolute atomic E-state index is 0.148. The fraction of sp³-hybridized carbons (Fsp3) is 0.190. The van der Waals surface area contributed by atoms with E-state index in [1.54, 1.807) is 32.0 Å². The van der Waals surface area contributed by atoms with Crippen molar-refractivity contribution >= 4 is 5.97 Å². The van der Waals surface area contributed by atoms with Crippen molar-refractivity contribution in [1.82, 2.24) is 9.78 Å². The van der Waals surface area contributed by atoms with Crippen molar-refractivity contribution in [1.29, 1.82) is 0 Å². The molecule has 29 heavy (non-hydrogen) atoms. The van der Waals surface area contributed by atoms with Gasteiger partial charge in [0.25, 0.3) is 0 Å². The van der Waals surface area contributed by atoms with Crippen molar-refractivity contribution in [3.8, 4) is 11.4 Å². The maximum atomic E-state index is 13.4. The third-order valence-electron chi connectivity index (χ3n) is 4.34. The maximum Gasteiger partial charge on any atom is 0.418 e. The zero-order valence-electron chi connectivity index (χ0n) is 15.9. The van der Waals surface area contributed by atoms with Crippen LogP contribution < -0.4 is 10.2 Å². The lowest BCUT2D eigenvalue weighted by molar-refractivity contribution is -0.137. The summed E-state index contributed by atoms with van der Waals surface area (Å²) in [5, 5.41) is 3.90. The van der Waals surface area contributed by atoms with Crippen LogP contribution in [0.25, 0.3) is 5.69 Å². The largest absolute Gasteiger partial charge is 0.421 e. The lowest BCUT2D eigenvalue weighted by Gasteiger charge is -2.16. The lowest BCUT2D eigenvalue weighted by Crippen LogP contribution is -2.27. The predicted molar refractivity (Wildman–Crippen MR) is 100 cm³/mol. The lowest BCUT2D eigenvalue weighted by atomic mass is 10.1. The number of alkyl halides is 3. The minimum Gasteiger partial charge on any atom is -0.421 e. The number of carbonyl (C=O) groups is 1. The number of halogens is 3. The Hall–Kier alpha value is -3.42. The molecule has 0 aliphatic carbocycles. The number of nitrogens with zero attached hydrogens (tertiary/aromatic N) is 2. The van der Waals surface area contributed by atoms with Crippen LogP contribution in [0.15, 0.2) is 53.3 Å². The zero-order chi connectivity index (χ0) is 21.3. The highest BCUT2D eigenvalue weighted by Gasteiger charge is 2.34. The number of carbonyl (C=O) groups excluding carboxylic acids is 1. The Morgan fingerprint density at radius 3 is 2.24 bits per heavy atom. The third kappa shape index (κ3) is 4.06. The molecule has 2 aromatic carbocycles. The highest BCUT2D eigenvalue weighted by molar-refractivity contribution is 5.89. The number of hydrogen-bond acceptors (Lipinski definition) is 4. The Kier molecular flexibility index (Phi) is 5.28. The molecule has 1 aromatic heterocycles. The van der Waals surface area contributed by atoms with Gasteiger partial charge in [-0.25, -0.2) is 9.48 Å². The summed E-state index contributed by atoms with van der Waals surface area (Å²) < 4.78 is 46.4. The SMILES string of the molecule is Cc1cccc(C)c1OC(=O)c1nn(-c2ccccc2C(F)(F)F)c(C)cc1=O. The summed E-state index contributed by atoms with van der Waals surface area (Å²) in [5.41, 5.74) is -1.07. The summed E-state index contributed by atoms with van der Waals surface area (Å²) in [5.74, 6) is -0.757. The quantitative estimate of drug-likeness (QED) is 0.481. The maximum absolute atomic E-state index is 13.4. The third-order valence-corrected chi connectivity index (χ3v) is 4.34. The Bertz CT molecular complexity index is 1130.